The van der Waals surface area contributed by atoms with Crippen LogP contribution in [0, 0.1) is 6.92 Å². The molecule has 86 valence electrons. The molecule has 1 atom stereocenters. The fourth-order valence-electron chi connectivity index (χ4n) is 1.71. The van der Waals surface area contributed by atoms with Crippen LogP contribution in [0.15, 0.2) is 6.07 Å². The molecule has 0 bridgehead atoms. The largest absolute Gasteiger partial charge is 0.387 e. The van der Waals surface area contributed by atoms with Gasteiger partial charge < -0.3 is 9.84 Å². The summed E-state index contributed by atoms with van der Waals surface area (Å²) >= 11 is 0. The van der Waals surface area contributed by atoms with Crippen molar-refractivity contribution in [3.05, 3.63) is 17.5 Å². The number of methoxy groups -OCH3 is 1. The molecule has 0 aliphatic carbocycles. The molecule has 0 aliphatic heterocycles. The van der Waals surface area contributed by atoms with Crippen LogP contribution in [0.5, 0.6) is 0 Å². The average Bonchev–Trinajstić information content (AvgIpc) is 2.45. The van der Waals surface area contributed by atoms with E-state index in [4.69, 9.17) is 4.74 Å². The van der Waals surface area contributed by atoms with Crippen molar-refractivity contribution in [2.75, 3.05) is 13.7 Å². The maximum Gasteiger partial charge on any atom is 0.0932 e. The monoisotopic (exact) mass is 212 g/mol. The van der Waals surface area contributed by atoms with Crippen molar-refractivity contribution in [1.29, 1.82) is 0 Å². The highest BCUT2D eigenvalue weighted by Gasteiger charge is 2.26. The Morgan fingerprint density at radius 1 is 1.60 bits per heavy atom. The van der Waals surface area contributed by atoms with Gasteiger partial charge >= 0.3 is 0 Å². The van der Waals surface area contributed by atoms with Crippen LogP contribution >= 0.6 is 0 Å². The van der Waals surface area contributed by atoms with E-state index in [-0.39, 0.29) is 0 Å². The second-order valence-corrected chi connectivity index (χ2v) is 4.09. The van der Waals surface area contributed by atoms with Gasteiger partial charge in [-0.3, -0.25) is 4.68 Å². The summed E-state index contributed by atoms with van der Waals surface area (Å²) in [7, 11) is 3.50. The number of hydrogen-bond acceptors (Lipinski definition) is 3. The third-order valence-corrected chi connectivity index (χ3v) is 2.68. The molecule has 15 heavy (non-hydrogen) atoms. The predicted molar refractivity (Wildman–Crippen MR) is 58.8 cm³/mol. The fraction of sp³-hybridized carbons (Fsp3) is 0.727. The third kappa shape index (κ3) is 3.04. The van der Waals surface area contributed by atoms with Crippen molar-refractivity contribution in [1.82, 2.24) is 9.78 Å². The van der Waals surface area contributed by atoms with Gasteiger partial charge in [-0.25, -0.2) is 0 Å². The zero-order valence-electron chi connectivity index (χ0n) is 9.95. The first-order valence-corrected chi connectivity index (χ1v) is 5.21. The standard InChI is InChI=1S/C11H20N2O2/c1-5-11(14,8-15-4)7-10-6-9(2)12-13(10)3/h6,14H,5,7-8H2,1-4H3. The van der Waals surface area contributed by atoms with Crippen molar-refractivity contribution in [2.24, 2.45) is 7.05 Å². The van der Waals surface area contributed by atoms with Gasteiger partial charge in [-0.1, -0.05) is 6.92 Å². The molecule has 4 heteroatoms. The number of rotatable bonds is 5. The second-order valence-electron chi connectivity index (χ2n) is 4.09. The fourth-order valence-corrected chi connectivity index (χ4v) is 1.71. The highest BCUT2D eigenvalue weighted by atomic mass is 16.5. The number of aromatic nitrogens is 2. The molecule has 0 saturated carbocycles. The molecule has 1 N–H and O–H groups in total. The van der Waals surface area contributed by atoms with Gasteiger partial charge in [0.15, 0.2) is 0 Å². The summed E-state index contributed by atoms with van der Waals surface area (Å²) in [5.74, 6) is 0. The van der Waals surface area contributed by atoms with Crippen LogP contribution in [0.25, 0.3) is 0 Å². The summed E-state index contributed by atoms with van der Waals surface area (Å²) < 4.78 is 6.85. The van der Waals surface area contributed by atoms with E-state index < -0.39 is 5.60 Å². The Bertz CT molecular complexity index is 322. The van der Waals surface area contributed by atoms with E-state index in [0.29, 0.717) is 19.4 Å². The molecule has 1 unspecified atom stereocenters. The number of aryl methyl sites for hydroxylation is 2. The van der Waals surface area contributed by atoms with E-state index in [1.807, 2.05) is 31.6 Å². The zero-order valence-corrected chi connectivity index (χ0v) is 9.95. The Labute approximate surface area is 90.9 Å². The molecule has 1 rings (SSSR count). The summed E-state index contributed by atoms with van der Waals surface area (Å²) in [5, 5.41) is 14.5. The molecule has 0 aliphatic rings. The highest BCUT2D eigenvalue weighted by Crippen LogP contribution is 2.18. The zero-order chi connectivity index (χ0) is 11.5. The summed E-state index contributed by atoms with van der Waals surface area (Å²) in [6.07, 6.45) is 1.25. The lowest BCUT2D eigenvalue weighted by molar-refractivity contribution is -0.0344. The SMILES string of the molecule is CCC(O)(COC)Cc1cc(C)nn1C. The smallest absolute Gasteiger partial charge is 0.0932 e. The van der Waals surface area contributed by atoms with Crippen LogP contribution in [-0.4, -0.2) is 34.2 Å². The first-order valence-electron chi connectivity index (χ1n) is 5.21. The minimum atomic E-state index is -0.783. The van der Waals surface area contributed by atoms with E-state index in [9.17, 15) is 5.11 Å². The van der Waals surface area contributed by atoms with Crippen molar-refractivity contribution in [3.8, 4) is 0 Å². The van der Waals surface area contributed by atoms with E-state index in [1.54, 1.807) is 7.11 Å². The maximum absolute atomic E-state index is 10.2. The third-order valence-electron chi connectivity index (χ3n) is 2.68. The Kier molecular flexibility index (Phi) is 3.88. The van der Waals surface area contributed by atoms with E-state index in [0.717, 1.165) is 11.4 Å². The van der Waals surface area contributed by atoms with Gasteiger partial charge in [0.05, 0.1) is 17.9 Å². The summed E-state index contributed by atoms with van der Waals surface area (Å²) in [6, 6.07) is 2.00. The van der Waals surface area contributed by atoms with Crippen molar-refractivity contribution in [2.45, 2.75) is 32.3 Å². The van der Waals surface area contributed by atoms with Gasteiger partial charge in [0, 0.05) is 26.3 Å². The van der Waals surface area contributed by atoms with Crippen LogP contribution in [0.4, 0.5) is 0 Å². The normalized spacial score (nSPS) is 15.3. The Morgan fingerprint density at radius 2 is 2.27 bits per heavy atom. The molecular formula is C11H20N2O2. The van der Waals surface area contributed by atoms with Crippen LogP contribution in [0.1, 0.15) is 24.7 Å². The summed E-state index contributed by atoms with van der Waals surface area (Å²) in [5.41, 5.74) is 1.23. The lowest BCUT2D eigenvalue weighted by Crippen LogP contribution is -2.36. The molecular weight excluding hydrogens is 192 g/mol. The van der Waals surface area contributed by atoms with E-state index in [2.05, 4.69) is 5.10 Å². The van der Waals surface area contributed by atoms with Crippen LogP contribution in [0.2, 0.25) is 0 Å². The van der Waals surface area contributed by atoms with Crippen LogP contribution < -0.4 is 0 Å². The average molecular weight is 212 g/mol. The van der Waals surface area contributed by atoms with Crippen molar-refractivity contribution in [3.63, 3.8) is 0 Å². The first kappa shape index (κ1) is 12.2. The quantitative estimate of drug-likeness (QED) is 0.794. The lowest BCUT2D eigenvalue weighted by atomic mass is 9.95. The molecule has 0 fully saturated rings. The maximum atomic E-state index is 10.2. The molecule has 0 aromatic carbocycles. The molecule has 1 aromatic rings. The predicted octanol–water partition coefficient (Wildman–Crippen LogP) is 1.06. The number of aliphatic hydroxyl groups is 1. The van der Waals surface area contributed by atoms with Crippen LogP contribution in [-0.2, 0) is 18.2 Å². The number of hydrogen-bond donors (Lipinski definition) is 1. The second kappa shape index (κ2) is 4.77. The van der Waals surface area contributed by atoms with Gasteiger partial charge in [0.2, 0.25) is 0 Å². The van der Waals surface area contributed by atoms with Gasteiger partial charge in [-0.2, -0.15) is 5.10 Å². The van der Waals surface area contributed by atoms with Gasteiger partial charge in [-0.15, -0.1) is 0 Å². The topological polar surface area (TPSA) is 47.3 Å². The summed E-state index contributed by atoms with van der Waals surface area (Å²) in [4.78, 5) is 0. The van der Waals surface area contributed by atoms with E-state index in [1.165, 1.54) is 0 Å². The number of nitrogens with zero attached hydrogens (tertiary/aromatic N) is 2. The molecule has 1 aromatic heterocycles. The highest BCUT2D eigenvalue weighted by molar-refractivity contribution is 5.11. The van der Waals surface area contributed by atoms with Crippen molar-refractivity contribution >= 4 is 0 Å². The molecule has 4 nitrogen and oxygen atoms in total. The molecule has 0 amide bonds. The molecule has 0 radical (unpaired) electrons. The van der Waals surface area contributed by atoms with Gasteiger partial charge in [0.1, 0.15) is 0 Å². The van der Waals surface area contributed by atoms with Crippen LogP contribution in [0.3, 0.4) is 0 Å². The molecule has 0 spiro atoms. The molecule has 1 heterocycles. The summed E-state index contributed by atoms with van der Waals surface area (Å²) in [6.45, 7) is 4.26. The Balaban J connectivity index is 2.78. The van der Waals surface area contributed by atoms with Crippen molar-refractivity contribution < 1.29 is 9.84 Å². The minimum absolute atomic E-state index is 0.355. The van der Waals surface area contributed by atoms with E-state index >= 15 is 0 Å². The van der Waals surface area contributed by atoms with Gasteiger partial charge in [-0.05, 0) is 19.4 Å². The van der Waals surface area contributed by atoms with Gasteiger partial charge in [0.25, 0.3) is 0 Å². The Morgan fingerprint density at radius 3 is 2.67 bits per heavy atom. The first-order chi connectivity index (χ1) is 7.00. The Hall–Kier alpha value is -0.870. The minimum Gasteiger partial charge on any atom is -0.387 e. The number of ether oxygens (including phenoxy) is 1. The lowest BCUT2D eigenvalue weighted by Gasteiger charge is -2.25. The molecule has 0 saturated heterocycles.